The summed E-state index contributed by atoms with van der Waals surface area (Å²) in [6.07, 6.45) is 0. The van der Waals surface area contributed by atoms with Gasteiger partial charge in [-0.2, -0.15) is 0 Å². The maximum atomic E-state index is 11.2. The molecule has 76 valence electrons. The quantitative estimate of drug-likeness (QED) is 0.652. The van der Waals surface area contributed by atoms with Crippen molar-refractivity contribution in [3.8, 4) is 0 Å². The third-order valence-corrected chi connectivity index (χ3v) is 2.81. The Morgan fingerprint density at radius 3 is 2.38 bits per heavy atom. The zero-order chi connectivity index (χ0) is 10.0. The van der Waals surface area contributed by atoms with E-state index in [1.165, 1.54) is 0 Å². The highest BCUT2D eigenvalue weighted by Gasteiger charge is 2.33. The van der Waals surface area contributed by atoms with Crippen LogP contribution in [0.5, 0.6) is 0 Å². The van der Waals surface area contributed by atoms with Gasteiger partial charge in [0.15, 0.2) is 0 Å². The lowest BCUT2D eigenvalue weighted by Gasteiger charge is -2.46. The first-order valence-corrected chi connectivity index (χ1v) is 5.07. The minimum atomic E-state index is 0.205. The van der Waals surface area contributed by atoms with E-state index in [9.17, 15) is 4.79 Å². The highest BCUT2D eigenvalue weighted by atomic mass is 16.2. The van der Waals surface area contributed by atoms with Gasteiger partial charge in [0.25, 0.3) is 0 Å². The lowest BCUT2D eigenvalue weighted by molar-refractivity contribution is -0.135. The van der Waals surface area contributed by atoms with Gasteiger partial charge in [-0.1, -0.05) is 0 Å². The van der Waals surface area contributed by atoms with Gasteiger partial charge >= 0.3 is 0 Å². The van der Waals surface area contributed by atoms with Crippen molar-refractivity contribution in [1.29, 1.82) is 0 Å². The molecule has 3 nitrogen and oxygen atoms in total. The summed E-state index contributed by atoms with van der Waals surface area (Å²) in [5.41, 5.74) is 0. The smallest absolute Gasteiger partial charge is 0.219 e. The van der Waals surface area contributed by atoms with E-state index in [2.05, 4.69) is 18.7 Å². The van der Waals surface area contributed by atoms with E-state index in [0.29, 0.717) is 12.1 Å². The summed E-state index contributed by atoms with van der Waals surface area (Å²) < 4.78 is 0. The van der Waals surface area contributed by atoms with Crippen LogP contribution in [0.15, 0.2) is 0 Å². The molecule has 1 rings (SSSR count). The molecule has 0 radical (unpaired) electrons. The van der Waals surface area contributed by atoms with E-state index in [-0.39, 0.29) is 5.91 Å². The van der Waals surface area contributed by atoms with Crippen LogP contribution in [-0.2, 0) is 4.79 Å². The first kappa shape index (κ1) is 10.5. The van der Waals surface area contributed by atoms with Gasteiger partial charge in [-0.05, 0) is 20.8 Å². The SMILES string of the molecule is CCN(C(C)=O)C1CN(C(C)C)C1. The van der Waals surface area contributed by atoms with Crippen molar-refractivity contribution >= 4 is 5.91 Å². The van der Waals surface area contributed by atoms with Crippen molar-refractivity contribution in [3.05, 3.63) is 0 Å². The average molecular weight is 184 g/mol. The van der Waals surface area contributed by atoms with Gasteiger partial charge in [0.1, 0.15) is 0 Å². The Bertz CT molecular complexity index is 185. The second-order valence-corrected chi connectivity index (χ2v) is 4.01. The van der Waals surface area contributed by atoms with Crippen molar-refractivity contribution in [2.24, 2.45) is 0 Å². The van der Waals surface area contributed by atoms with E-state index in [0.717, 1.165) is 19.6 Å². The molecule has 1 heterocycles. The number of hydrogen-bond acceptors (Lipinski definition) is 2. The molecule has 0 N–H and O–H groups in total. The highest BCUT2D eigenvalue weighted by molar-refractivity contribution is 5.73. The third-order valence-electron chi connectivity index (χ3n) is 2.81. The van der Waals surface area contributed by atoms with Crippen LogP contribution in [0.2, 0.25) is 0 Å². The minimum absolute atomic E-state index is 0.205. The molecule has 1 aliphatic rings. The van der Waals surface area contributed by atoms with Gasteiger partial charge in [-0.25, -0.2) is 0 Å². The molecular formula is C10H20N2O. The molecule has 1 aliphatic heterocycles. The Hall–Kier alpha value is -0.570. The van der Waals surface area contributed by atoms with Gasteiger partial charge in [0, 0.05) is 32.6 Å². The highest BCUT2D eigenvalue weighted by Crippen LogP contribution is 2.17. The number of rotatable bonds is 3. The van der Waals surface area contributed by atoms with Gasteiger partial charge in [-0.3, -0.25) is 9.69 Å². The summed E-state index contributed by atoms with van der Waals surface area (Å²) in [4.78, 5) is 15.5. The maximum absolute atomic E-state index is 11.2. The van der Waals surface area contributed by atoms with E-state index in [4.69, 9.17) is 0 Å². The number of likely N-dealkylation sites (N-methyl/N-ethyl adjacent to an activating group) is 1. The van der Waals surface area contributed by atoms with Gasteiger partial charge in [0.05, 0.1) is 6.04 Å². The molecule has 0 aromatic carbocycles. The zero-order valence-corrected chi connectivity index (χ0v) is 9.08. The number of likely N-dealkylation sites (tertiary alicyclic amines) is 1. The summed E-state index contributed by atoms with van der Waals surface area (Å²) in [6.45, 7) is 11.0. The predicted molar refractivity (Wildman–Crippen MR) is 53.6 cm³/mol. The topological polar surface area (TPSA) is 23.6 Å². The normalized spacial score (nSPS) is 18.8. The van der Waals surface area contributed by atoms with Crippen molar-refractivity contribution < 1.29 is 4.79 Å². The van der Waals surface area contributed by atoms with E-state index >= 15 is 0 Å². The lowest BCUT2D eigenvalue weighted by atomic mass is 10.0. The fourth-order valence-corrected chi connectivity index (χ4v) is 1.84. The van der Waals surface area contributed by atoms with Gasteiger partial charge < -0.3 is 4.90 Å². The van der Waals surface area contributed by atoms with Crippen molar-refractivity contribution in [2.75, 3.05) is 19.6 Å². The van der Waals surface area contributed by atoms with E-state index in [1.54, 1.807) is 6.92 Å². The van der Waals surface area contributed by atoms with Crippen LogP contribution in [0.1, 0.15) is 27.7 Å². The van der Waals surface area contributed by atoms with Gasteiger partial charge in [0.2, 0.25) is 5.91 Å². The fourth-order valence-electron chi connectivity index (χ4n) is 1.84. The van der Waals surface area contributed by atoms with Crippen LogP contribution >= 0.6 is 0 Å². The fraction of sp³-hybridized carbons (Fsp3) is 0.900. The summed E-state index contributed by atoms with van der Waals surface area (Å²) in [6, 6.07) is 1.08. The van der Waals surface area contributed by atoms with Crippen molar-refractivity contribution in [3.63, 3.8) is 0 Å². The molecule has 0 aromatic rings. The van der Waals surface area contributed by atoms with Crippen molar-refractivity contribution in [1.82, 2.24) is 9.80 Å². The molecule has 1 saturated heterocycles. The Morgan fingerprint density at radius 1 is 1.54 bits per heavy atom. The molecule has 13 heavy (non-hydrogen) atoms. The number of hydrogen-bond donors (Lipinski definition) is 0. The predicted octanol–water partition coefficient (Wildman–Crippen LogP) is 0.947. The second-order valence-electron chi connectivity index (χ2n) is 4.01. The molecule has 0 spiro atoms. The standard InChI is InChI=1S/C10H20N2O/c1-5-12(9(4)13)10-6-11(7-10)8(2)3/h8,10H,5-7H2,1-4H3. The third kappa shape index (κ3) is 2.21. The minimum Gasteiger partial charge on any atom is -0.338 e. The molecule has 3 heteroatoms. The van der Waals surface area contributed by atoms with E-state index in [1.807, 2.05) is 11.8 Å². The summed E-state index contributed by atoms with van der Waals surface area (Å²) >= 11 is 0. The molecule has 0 aliphatic carbocycles. The monoisotopic (exact) mass is 184 g/mol. The van der Waals surface area contributed by atoms with Crippen LogP contribution in [-0.4, -0.2) is 47.4 Å². The van der Waals surface area contributed by atoms with Gasteiger partial charge in [-0.15, -0.1) is 0 Å². The Balaban J connectivity index is 2.36. The lowest BCUT2D eigenvalue weighted by Crippen LogP contribution is -2.62. The number of nitrogens with zero attached hydrogens (tertiary/aromatic N) is 2. The van der Waals surface area contributed by atoms with E-state index < -0.39 is 0 Å². The molecule has 0 aromatic heterocycles. The number of carbonyl (C=O) groups is 1. The zero-order valence-electron chi connectivity index (χ0n) is 9.08. The summed E-state index contributed by atoms with van der Waals surface area (Å²) in [5.74, 6) is 0.205. The average Bonchev–Trinajstić information content (AvgIpc) is 1.93. The number of amides is 1. The van der Waals surface area contributed by atoms with Crippen LogP contribution in [0, 0.1) is 0 Å². The Morgan fingerprint density at radius 2 is 2.08 bits per heavy atom. The summed E-state index contributed by atoms with van der Waals surface area (Å²) in [7, 11) is 0. The molecular weight excluding hydrogens is 164 g/mol. The van der Waals surface area contributed by atoms with Crippen LogP contribution in [0.25, 0.3) is 0 Å². The largest absolute Gasteiger partial charge is 0.338 e. The Labute approximate surface area is 80.7 Å². The molecule has 0 saturated carbocycles. The molecule has 0 atom stereocenters. The first-order chi connectivity index (χ1) is 6.06. The first-order valence-electron chi connectivity index (χ1n) is 5.07. The van der Waals surface area contributed by atoms with Crippen LogP contribution < -0.4 is 0 Å². The molecule has 1 amide bonds. The second kappa shape index (κ2) is 4.09. The van der Waals surface area contributed by atoms with Crippen molar-refractivity contribution in [2.45, 2.75) is 39.8 Å². The molecule has 0 bridgehead atoms. The molecule has 0 unspecified atom stereocenters. The van der Waals surface area contributed by atoms with Crippen LogP contribution in [0.3, 0.4) is 0 Å². The van der Waals surface area contributed by atoms with Crippen LogP contribution in [0.4, 0.5) is 0 Å². The number of carbonyl (C=O) groups excluding carboxylic acids is 1. The molecule has 1 fully saturated rings. The Kier molecular flexibility index (Phi) is 3.31. The summed E-state index contributed by atoms with van der Waals surface area (Å²) in [5, 5.41) is 0. The maximum Gasteiger partial charge on any atom is 0.219 e.